The lowest BCUT2D eigenvalue weighted by Crippen LogP contribution is -2.24. The van der Waals surface area contributed by atoms with Crippen LogP contribution in [0.15, 0.2) is 24.3 Å². The van der Waals surface area contributed by atoms with Crippen LogP contribution in [0, 0.1) is 34.0 Å². The van der Waals surface area contributed by atoms with Crippen molar-refractivity contribution in [3.05, 3.63) is 35.4 Å². The maximum absolute atomic E-state index is 10.4. The van der Waals surface area contributed by atoms with Gasteiger partial charge in [0.2, 0.25) is 0 Å². The first-order chi connectivity index (χ1) is 9.62. The fourth-order valence-corrected chi connectivity index (χ4v) is 1.59. The lowest BCUT2D eigenvalue weighted by Gasteiger charge is -2.19. The van der Waals surface area contributed by atoms with Crippen LogP contribution in [0.2, 0.25) is 0 Å². The van der Waals surface area contributed by atoms with Gasteiger partial charge in [0.15, 0.2) is 0 Å². The topological polar surface area (TPSA) is 112 Å². The van der Waals surface area contributed by atoms with Gasteiger partial charge in [-0.05, 0) is 23.8 Å². The van der Waals surface area contributed by atoms with Crippen LogP contribution >= 0.6 is 0 Å². The highest BCUT2D eigenvalue weighted by Crippen LogP contribution is 2.21. The lowest BCUT2D eigenvalue weighted by atomic mass is 10.1. The highest BCUT2D eigenvalue weighted by atomic mass is 16.4. The highest BCUT2D eigenvalue weighted by Gasteiger charge is 2.11. The number of benzene rings is 1. The van der Waals surface area contributed by atoms with Crippen molar-refractivity contribution in [1.82, 2.24) is 0 Å². The van der Waals surface area contributed by atoms with Gasteiger partial charge in [0.1, 0.15) is 19.2 Å². The van der Waals surface area contributed by atoms with Crippen molar-refractivity contribution in [2.75, 3.05) is 18.0 Å². The Morgan fingerprint density at radius 3 is 2.40 bits per heavy atom. The van der Waals surface area contributed by atoms with Crippen LogP contribution in [0.25, 0.3) is 6.08 Å². The smallest absolute Gasteiger partial charge is 0.328 e. The molecule has 0 saturated heterocycles. The van der Waals surface area contributed by atoms with Gasteiger partial charge in [-0.2, -0.15) is 15.8 Å². The zero-order valence-electron chi connectivity index (χ0n) is 10.4. The Hall–Kier alpha value is -3.30. The van der Waals surface area contributed by atoms with Crippen molar-refractivity contribution in [3.8, 4) is 18.2 Å². The van der Waals surface area contributed by atoms with E-state index in [1.807, 2.05) is 18.2 Å². The number of aliphatic carboxylic acids is 1. The Morgan fingerprint density at radius 1 is 1.25 bits per heavy atom. The summed E-state index contributed by atoms with van der Waals surface area (Å²) in [6, 6.07) is 10.6. The molecule has 0 aromatic heterocycles. The Kier molecular flexibility index (Phi) is 5.32. The van der Waals surface area contributed by atoms with Gasteiger partial charge >= 0.3 is 5.97 Å². The number of carbonyl (C=O) groups is 1. The molecule has 0 aliphatic heterocycles. The summed E-state index contributed by atoms with van der Waals surface area (Å²) < 4.78 is 0. The number of hydrogen-bond acceptors (Lipinski definition) is 5. The number of carboxylic acid groups (broad SMARTS) is 1. The summed E-state index contributed by atoms with van der Waals surface area (Å²) in [6.07, 6.45) is 2.34. The molecule has 0 saturated carbocycles. The first-order valence-electron chi connectivity index (χ1n) is 5.56. The van der Waals surface area contributed by atoms with Crippen molar-refractivity contribution in [1.29, 1.82) is 15.8 Å². The van der Waals surface area contributed by atoms with Crippen LogP contribution in [-0.4, -0.2) is 24.2 Å². The molecule has 0 atom stereocenters. The Balaban J connectivity index is 3.17. The van der Waals surface area contributed by atoms with E-state index in [9.17, 15) is 4.79 Å². The molecule has 1 aromatic rings. The predicted molar refractivity (Wildman–Crippen MR) is 71.3 cm³/mol. The first-order valence-corrected chi connectivity index (χ1v) is 5.56. The molecule has 0 radical (unpaired) electrons. The monoisotopic (exact) mass is 266 g/mol. The van der Waals surface area contributed by atoms with Crippen molar-refractivity contribution < 1.29 is 9.90 Å². The van der Waals surface area contributed by atoms with Gasteiger partial charge < -0.3 is 10.0 Å². The normalized spacial score (nSPS) is 9.45. The van der Waals surface area contributed by atoms with Gasteiger partial charge in [0, 0.05) is 6.08 Å². The molecule has 1 rings (SSSR count). The van der Waals surface area contributed by atoms with E-state index in [1.165, 1.54) is 17.0 Å². The third-order valence-electron chi connectivity index (χ3n) is 2.42. The molecule has 0 unspecified atom stereocenters. The molecular formula is C14H10N4O2. The third kappa shape index (κ3) is 3.87. The average molecular weight is 266 g/mol. The summed E-state index contributed by atoms with van der Waals surface area (Å²) in [6.45, 7) is -0.0148. The molecular weight excluding hydrogens is 256 g/mol. The van der Waals surface area contributed by atoms with Crippen molar-refractivity contribution in [2.45, 2.75) is 0 Å². The quantitative estimate of drug-likeness (QED) is 0.638. The van der Waals surface area contributed by atoms with E-state index in [2.05, 4.69) is 0 Å². The summed E-state index contributed by atoms with van der Waals surface area (Å²) in [5.74, 6) is -1.08. The van der Waals surface area contributed by atoms with E-state index in [0.717, 1.165) is 6.08 Å². The number of anilines is 1. The van der Waals surface area contributed by atoms with Crippen LogP contribution in [0.3, 0.4) is 0 Å². The van der Waals surface area contributed by atoms with E-state index < -0.39 is 5.97 Å². The largest absolute Gasteiger partial charge is 0.478 e. The summed E-state index contributed by atoms with van der Waals surface area (Å²) in [5, 5.41) is 35.1. The van der Waals surface area contributed by atoms with Crippen LogP contribution in [0.5, 0.6) is 0 Å². The van der Waals surface area contributed by atoms with Crippen LogP contribution in [0.1, 0.15) is 11.1 Å². The van der Waals surface area contributed by atoms with Crippen molar-refractivity contribution in [2.24, 2.45) is 0 Å². The number of carboxylic acids is 1. The minimum atomic E-state index is -1.08. The maximum atomic E-state index is 10.4. The molecule has 6 nitrogen and oxygen atoms in total. The van der Waals surface area contributed by atoms with E-state index in [1.54, 1.807) is 12.1 Å². The van der Waals surface area contributed by atoms with Gasteiger partial charge in [-0.1, -0.05) is 6.07 Å². The molecule has 20 heavy (non-hydrogen) atoms. The zero-order chi connectivity index (χ0) is 15.0. The van der Waals surface area contributed by atoms with Gasteiger partial charge in [-0.3, -0.25) is 0 Å². The Labute approximate surface area is 116 Å². The van der Waals surface area contributed by atoms with E-state index >= 15 is 0 Å². The average Bonchev–Trinajstić information content (AvgIpc) is 2.44. The number of hydrogen-bond donors (Lipinski definition) is 1. The summed E-state index contributed by atoms with van der Waals surface area (Å²) >= 11 is 0. The fourth-order valence-electron chi connectivity index (χ4n) is 1.59. The summed E-state index contributed by atoms with van der Waals surface area (Å²) in [4.78, 5) is 11.9. The molecule has 1 aromatic carbocycles. The van der Waals surface area contributed by atoms with Crippen LogP contribution in [0.4, 0.5) is 5.69 Å². The van der Waals surface area contributed by atoms with E-state index in [0.29, 0.717) is 11.3 Å². The molecule has 6 heteroatoms. The lowest BCUT2D eigenvalue weighted by molar-refractivity contribution is -0.131. The Bertz CT molecular complexity index is 643. The molecule has 0 heterocycles. The number of rotatable bonds is 5. The highest BCUT2D eigenvalue weighted by molar-refractivity contribution is 5.85. The van der Waals surface area contributed by atoms with Crippen molar-refractivity contribution in [3.63, 3.8) is 0 Å². The molecule has 0 spiro atoms. The third-order valence-corrected chi connectivity index (χ3v) is 2.42. The molecule has 98 valence electrons. The minimum Gasteiger partial charge on any atom is -0.478 e. The standard InChI is InChI=1S/C14H10N4O2/c15-5-7-18(8-6-16)13-3-1-11(2-4-14(19)20)9-12(13)10-17/h1-4,9H,7-8H2,(H,19,20)/b4-2+. The van der Waals surface area contributed by atoms with E-state index in [-0.39, 0.29) is 18.7 Å². The van der Waals surface area contributed by atoms with Gasteiger partial charge in [-0.25, -0.2) is 4.79 Å². The molecule has 0 amide bonds. The van der Waals surface area contributed by atoms with Crippen molar-refractivity contribution >= 4 is 17.7 Å². The van der Waals surface area contributed by atoms with Crippen LogP contribution < -0.4 is 4.90 Å². The van der Waals surface area contributed by atoms with Crippen LogP contribution in [-0.2, 0) is 4.79 Å². The second-order valence-corrected chi connectivity index (χ2v) is 3.73. The molecule has 1 N–H and O–H groups in total. The SMILES string of the molecule is N#CCN(CC#N)c1ccc(/C=C/C(=O)O)cc1C#N. The van der Waals surface area contributed by atoms with Gasteiger partial charge in [-0.15, -0.1) is 0 Å². The molecule has 0 bridgehead atoms. The minimum absolute atomic E-state index is 0.00739. The second-order valence-electron chi connectivity index (χ2n) is 3.73. The molecule has 0 aliphatic rings. The number of nitrogens with zero attached hydrogens (tertiary/aromatic N) is 4. The number of nitriles is 3. The van der Waals surface area contributed by atoms with Gasteiger partial charge in [0.25, 0.3) is 0 Å². The Morgan fingerprint density at radius 2 is 1.90 bits per heavy atom. The zero-order valence-corrected chi connectivity index (χ0v) is 10.4. The maximum Gasteiger partial charge on any atom is 0.328 e. The fraction of sp³-hybridized carbons (Fsp3) is 0.143. The van der Waals surface area contributed by atoms with Gasteiger partial charge in [0.05, 0.1) is 23.4 Å². The summed E-state index contributed by atoms with van der Waals surface area (Å²) in [5.41, 5.74) is 1.31. The molecule has 0 fully saturated rings. The first kappa shape index (κ1) is 14.8. The summed E-state index contributed by atoms with van der Waals surface area (Å²) in [7, 11) is 0. The molecule has 0 aliphatic carbocycles. The van der Waals surface area contributed by atoms with E-state index in [4.69, 9.17) is 20.9 Å². The second kappa shape index (κ2) is 7.20. The predicted octanol–water partition coefficient (Wildman–Crippen LogP) is 1.51.